The van der Waals surface area contributed by atoms with Crippen LogP contribution < -0.4 is 10.4 Å². The largest absolute Gasteiger partial charge is 0.550 e. The Bertz CT molecular complexity index is 269. The molecule has 25 heavy (non-hydrogen) atoms. The van der Waals surface area contributed by atoms with E-state index in [1.54, 1.807) is 0 Å². The summed E-state index contributed by atoms with van der Waals surface area (Å²) in [7, 11) is 0. The van der Waals surface area contributed by atoms with Gasteiger partial charge in [0.25, 0.3) is 0 Å². The second-order valence-corrected chi connectivity index (χ2v) is 7.64. The van der Waals surface area contributed by atoms with Crippen LogP contribution in [0.1, 0.15) is 122 Å². The van der Waals surface area contributed by atoms with Gasteiger partial charge in [-0.1, -0.05) is 84.0 Å². The number of hydrogen-bond acceptors (Lipinski definition) is 2. The second-order valence-electron chi connectivity index (χ2n) is 7.64. The molecule has 2 N–H and O–H groups in total. The van der Waals surface area contributed by atoms with E-state index >= 15 is 0 Å². The summed E-state index contributed by atoms with van der Waals surface area (Å²) in [6.45, 7) is 4.66. The SMILES string of the molecule is CCCCCCCCCCCCCCCC[NH2+]CCCCCC(=O)[O-]. The minimum Gasteiger partial charge on any atom is -0.550 e. The standard InChI is InChI=1S/C22H45NO2/c1-2-3-4-5-6-7-8-9-10-11-12-13-14-17-20-23-21-18-15-16-19-22(24)25/h23H,2-21H2,1H3,(H,24,25). The molecule has 0 aromatic rings. The van der Waals surface area contributed by atoms with Gasteiger partial charge in [0, 0.05) is 5.97 Å². The molecule has 0 aromatic heterocycles. The van der Waals surface area contributed by atoms with Crippen molar-refractivity contribution in [3.63, 3.8) is 0 Å². The lowest BCUT2D eigenvalue weighted by Gasteiger charge is -2.04. The molecule has 0 aliphatic heterocycles. The van der Waals surface area contributed by atoms with E-state index in [1.807, 2.05) is 0 Å². The summed E-state index contributed by atoms with van der Waals surface area (Å²) in [6.07, 6.45) is 23.0. The lowest BCUT2D eigenvalue weighted by Crippen LogP contribution is -2.84. The highest BCUT2D eigenvalue weighted by Crippen LogP contribution is 2.12. The van der Waals surface area contributed by atoms with Gasteiger partial charge in [-0.05, 0) is 38.5 Å². The maximum Gasteiger partial charge on any atom is 0.0755 e. The van der Waals surface area contributed by atoms with Crippen LogP contribution in [0.5, 0.6) is 0 Å². The fourth-order valence-corrected chi connectivity index (χ4v) is 3.36. The predicted molar refractivity (Wildman–Crippen MR) is 105 cm³/mol. The van der Waals surface area contributed by atoms with Crippen molar-refractivity contribution in [2.75, 3.05) is 13.1 Å². The lowest BCUT2D eigenvalue weighted by atomic mass is 10.0. The van der Waals surface area contributed by atoms with Gasteiger partial charge in [0.2, 0.25) is 0 Å². The summed E-state index contributed by atoms with van der Waals surface area (Å²) in [4.78, 5) is 10.3. The van der Waals surface area contributed by atoms with Crippen LogP contribution in [0.4, 0.5) is 0 Å². The number of unbranched alkanes of at least 4 members (excludes halogenated alkanes) is 15. The second kappa shape index (κ2) is 21.5. The van der Waals surface area contributed by atoms with Crippen LogP contribution in [-0.2, 0) is 4.79 Å². The molecule has 3 nitrogen and oxygen atoms in total. The first-order chi connectivity index (χ1) is 12.3. The zero-order chi connectivity index (χ0) is 18.4. The van der Waals surface area contributed by atoms with E-state index < -0.39 is 5.97 Å². The Labute approximate surface area is 157 Å². The number of quaternary nitrogens is 1. The highest BCUT2D eigenvalue weighted by atomic mass is 16.4. The smallest absolute Gasteiger partial charge is 0.0755 e. The fraction of sp³-hybridized carbons (Fsp3) is 0.955. The number of aliphatic carboxylic acids is 1. The van der Waals surface area contributed by atoms with Gasteiger partial charge in [0.05, 0.1) is 13.1 Å². The molecule has 0 aliphatic carbocycles. The van der Waals surface area contributed by atoms with Crippen molar-refractivity contribution in [1.82, 2.24) is 0 Å². The van der Waals surface area contributed by atoms with E-state index in [0.29, 0.717) is 0 Å². The van der Waals surface area contributed by atoms with Gasteiger partial charge in [-0.25, -0.2) is 0 Å². The van der Waals surface area contributed by atoms with Crippen LogP contribution in [-0.4, -0.2) is 19.1 Å². The molecule has 0 aromatic carbocycles. The average Bonchev–Trinajstić information content (AvgIpc) is 2.60. The fourth-order valence-electron chi connectivity index (χ4n) is 3.36. The number of rotatable bonds is 21. The summed E-state index contributed by atoms with van der Waals surface area (Å²) in [5, 5.41) is 12.7. The normalized spacial score (nSPS) is 11.1. The molecule has 0 amide bonds. The molecule has 0 saturated carbocycles. The van der Waals surface area contributed by atoms with Crippen molar-refractivity contribution in [2.45, 2.75) is 122 Å². The Hall–Kier alpha value is -0.570. The molecule has 0 unspecified atom stereocenters. The molecule has 0 heterocycles. The van der Waals surface area contributed by atoms with E-state index in [0.717, 1.165) is 25.8 Å². The molecule has 0 spiro atoms. The summed E-state index contributed by atoms with van der Waals surface area (Å²) in [5.41, 5.74) is 0. The number of nitrogens with two attached hydrogens (primary N) is 1. The van der Waals surface area contributed by atoms with Crippen molar-refractivity contribution in [1.29, 1.82) is 0 Å². The summed E-state index contributed by atoms with van der Waals surface area (Å²) >= 11 is 0. The van der Waals surface area contributed by atoms with E-state index in [9.17, 15) is 9.90 Å². The third-order valence-electron chi connectivity index (χ3n) is 5.05. The van der Waals surface area contributed by atoms with Crippen LogP contribution in [0, 0.1) is 0 Å². The summed E-state index contributed by atoms with van der Waals surface area (Å²) in [5.74, 6) is -0.911. The zero-order valence-corrected chi connectivity index (χ0v) is 17.0. The van der Waals surface area contributed by atoms with Crippen molar-refractivity contribution in [2.24, 2.45) is 0 Å². The number of carboxylic acids is 1. The first-order valence-electron chi connectivity index (χ1n) is 11.3. The zero-order valence-electron chi connectivity index (χ0n) is 17.0. The third kappa shape index (κ3) is 23.4. The monoisotopic (exact) mass is 355 g/mol. The van der Waals surface area contributed by atoms with E-state index in [1.165, 1.54) is 96.4 Å². The van der Waals surface area contributed by atoms with Gasteiger partial charge in [-0.15, -0.1) is 0 Å². The lowest BCUT2D eigenvalue weighted by molar-refractivity contribution is -0.655. The van der Waals surface area contributed by atoms with Crippen molar-refractivity contribution in [3.8, 4) is 0 Å². The number of carbonyl (C=O) groups excluding carboxylic acids is 1. The minimum atomic E-state index is -0.911. The Kier molecular flexibility index (Phi) is 21.0. The topological polar surface area (TPSA) is 56.7 Å². The molecular formula is C22H45NO2. The maximum absolute atomic E-state index is 10.3. The van der Waals surface area contributed by atoms with Crippen LogP contribution in [0.3, 0.4) is 0 Å². The molecule has 0 saturated heterocycles. The summed E-state index contributed by atoms with van der Waals surface area (Å²) in [6, 6.07) is 0. The number of carboxylic acid groups (broad SMARTS) is 1. The predicted octanol–water partition coefficient (Wildman–Crippen LogP) is 4.34. The number of carbonyl (C=O) groups is 1. The van der Waals surface area contributed by atoms with Crippen LogP contribution in [0.15, 0.2) is 0 Å². The van der Waals surface area contributed by atoms with E-state index in [-0.39, 0.29) is 6.42 Å². The van der Waals surface area contributed by atoms with Gasteiger partial charge in [-0.2, -0.15) is 0 Å². The van der Waals surface area contributed by atoms with Gasteiger partial charge in [0.15, 0.2) is 0 Å². The van der Waals surface area contributed by atoms with Crippen LogP contribution in [0.2, 0.25) is 0 Å². The van der Waals surface area contributed by atoms with E-state index in [4.69, 9.17) is 0 Å². The molecular weight excluding hydrogens is 310 g/mol. The Morgan fingerprint density at radius 3 is 1.36 bits per heavy atom. The molecule has 3 heteroatoms. The maximum atomic E-state index is 10.3. The van der Waals surface area contributed by atoms with Crippen LogP contribution >= 0.6 is 0 Å². The van der Waals surface area contributed by atoms with Gasteiger partial charge in [0.1, 0.15) is 0 Å². The highest BCUT2D eigenvalue weighted by molar-refractivity contribution is 5.63. The quantitative estimate of drug-likeness (QED) is 0.311. The summed E-state index contributed by atoms with van der Waals surface area (Å²) < 4.78 is 0. The van der Waals surface area contributed by atoms with Gasteiger partial charge >= 0.3 is 0 Å². The van der Waals surface area contributed by atoms with Gasteiger partial charge < -0.3 is 15.2 Å². The van der Waals surface area contributed by atoms with Gasteiger partial charge in [-0.3, -0.25) is 0 Å². The van der Waals surface area contributed by atoms with Crippen molar-refractivity contribution >= 4 is 5.97 Å². The third-order valence-corrected chi connectivity index (χ3v) is 5.05. The molecule has 0 aliphatic rings. The molecule has 0 radical (unpaired) electrons. The number of hydrogen-bond donors (Lipinski definition) is 1. The highest BCUT2D eigenvalue weighted by Gasteiger charge is 1.96. The molecule has 0 rings (SSSR count). The van der Waals surface area contributed by atoms with Crippen molar-refractivity contribution < 1.29 is 15.2 Å². The first-order valence-corrected chi connectivity index (χ1v) is 11.3. The van der Waals surface area contributed by atoms with Crippen molar-refractivity contribution in [3.05, 3.63) is 0 Å². The van der Waals surface area contributed by atoms with Crippen LogP contribution in [0.25, 0.3) is 0 Å². The Morgan fingerprint density at radius 1 is 0.600 bits per heavy atom. The first kappa shape index (κ1) is 24.4. The Balaban J connectivity index is 2.97. The minimum absolute atomic E-state index is 0.221. The molecule has 0 fully saturated rings. The van der Waals surface area contributed by atoms with E-state index in [2.05, 4.69) is 12.2 Å². The molecule has 0 atom stereocenters. The average molecular weight is 356 g/mol. The molecule has 150 valence electrons. The Morgan fingerprint density at radius 2 is 0.960 bits per heavy atom. The molecule has 0 bridgehead atoms.